The molecule has 0 fully saturated rings. The standard InChI is InChI=1S/C9H17N3O2S/c1-6(13)11-4-5-12-8(14)9(2,3)7(10)15/h4-5H2,1-3H3,(H2,10,15)(H,11,13)(H,12,14). The lowest BCUT2D eigenvalue weighted by Gasteiger charge is -2.21. The van der Waals surface area contributed by atoms with Gasteiger partial charge in [0.1, 0.15) is 0 Å². The molecular weight excluding hydrogens is 214 g/mol. The summed E-state index contributed by atoms with van der Waals surface area (Å²) in [5.74, 6) is -0.363. The van der Waals surface area contributed by atoms with Crippen molar-refractivity contribution in [2.45, 2.75) is 20.8 Å². The zero-order valence-electron chi connectivity index (χ0n) is 9.22. The van der Waals surface area contributed by atoms with Gasteiger partial charge in [0, 0.05) is 20.0 Å². The number of nitrogens with one attached hydrogen (secondary N) is 2. The molecule has 0 spiro atoms. The summed E-state index contributed by atoms with van der Waals surface area (Å²) in [6, 6.07) is 0. The van der Waals surface area contributed by atoms with Gasteiger partial charge in [-0.3, -0.25) is 9.59 Å². The molecule has 0 aliphatic rings. The number of hydrogen-bond donors (Lipinski definition) is 3. The van der Waals surface area contributed by atoms with Gasteiger partial charge in [-0.1, -0.05) is 12.2 Å². The molecule has 86 valence electrons. The number of rotatable bonds is 5. The smallest absolute Gasteiger partial charge is 0.232 e. The highest BCUT2D eigenvalue weighted by Crippen LogP contribution is 2.14. The van der Waals surface area contributed by atoms with Crippen LogP contribution >= 0.6 is 12.2 Å². The van der Waals surface area contributed by atoms with Crippen LogP contribution in [0.25, 0.3) is 0 Å². The van der Waals surface area contributed by atoms with Crippen molar-refractivity contribution < 1.29 is 9.59 Å². The first kappa shape index (κ1) is 13.8. The monoisotopic (exact) mass is 231 g/mol. The van der Waals surface area contributed by atoms with Gasteiger partial charge in [0.2, 0.25) is 11.8 Å². The Labute approximate surface area is 94.8 Å². The highest BCUT2D eigenvalue weighted by molar-refractivity contribution is 7.80. The molecule has 0 heterocycles. The van der Waals surface area contributed by atoms with E-state index in [2.05, 4.69) is 10.6 Å². The van der Waals surface area contributed by atoms with E-state index in [0.29, 0.717) is 13.1 Å². The number of hydrogen-bond acceptors (Lipinski definition) is 3. The molecule has 0 bridgehead atoms. The number of carbonyl (C=O) groups excluding carboxylic acids is 2. The van der Waals surface area contributed by atoms with Gasteiger partial charge in [0.15, 0.2) is 0 Å². The fourth-order valence-corrected chi connectivity index (χ4v) is 0.840. The molecule has 6 heteroatoms. The van der Waals surface area contributed by atoms with Crippen LogP contribution in [0.2, 0.25) is 0 Å². The maximum Gasteiger partial charge on any atom is 0.232 e. The molecule has 0 saturated carbocycles. The maximum absolute atomic E-state index is 11.6. The maximum atomic E-state index is 11.6. The third-order valence-corrected chi connectivity index (χ3v) is 2.48. The van der Waals surface area contributed by atoms with Gasteiger partial charge >= 0.3 is 0 Å². The van der Waals surface area contributed by atoms with Crippen LogP contribution in [0, 0.1) is 5.41 Å². The summed E-state index contributed by atoms with van der Waals surface area (Å²) in [6.45, 7) is 5.49. The summed E-state index contributed by atoms with van der Waals surface area (Å²) in [4.78, 5) is 22.2. The van der Waals surface area contributed by atoms with Crippen LogP contribution in [0.4, 0.5) is 0 Å². The van der Waals surface area contributed by atoms with E-state index in [9.17, 15) is 9.59 Å². The Hall–Kier alpha value is -1.17. The molecule has 0 aromatic carbocycles. The zero-order valence-corrected chi connectivity index (χ0v) is 10.0. The zero-order chi connectivity index (χ0) is 12.1. The molecule has 0 aromatic rings. The van der Waals surface area contributed by atoms with Crippen LogP contribution in [0.1, 0.15) is 20.8 Å². The molecular formula is C9H17N3O2S. The molecule has 4 N–H and O–H groups in total. The lowest BCUT2D eigenvalue weighted by Crippen LogP contribution is -2.46. The Morgan fingerprint density at radius 3 is 2.13 bits per heavy atom. The summed E-state index contributed by atoms with van der Waals surface area (Å²) in [7, 11) is 0. The van der Waals surface area contributed by atoms with E-state index in [-0.39, 0.29) is 16.8 Å². The van der Waals surface area contributed by atoms with E-state index in [4.69, 9.17) is 18.0 Å². The normalized spacial score (nSPS) is 10.6. The molecule has 0 atom stereocenters. The lowest BCUT2D eigenvalue weighted by molar-refractivity contribution is -0.126. The molecule has 0 aliphatic carbocycles. The number of nitrogens with two attached hydrogens (primary N) is 1. The van der Waals surface area contributed by atoms with E-state index in [1.54, 1.807) is 13.8 Å². The fraction of sp³-hybridized carbons (Fsp3) is 0.667. The summed E-state index contributed by atoms with van der Waals surface area (Å²) in [5, 5.41) is 5.20. The second-order valence-corrected chi connectivity index (χ2v) is 4.17. The van der Waals surface area contributed by atoms with E-state index in [0.717, 1.165) is 0 Å². The van der Waals surface area contributed by atoms with Gasteiger partial charge < -0.3 is 16.4 Å². The van der Waals surface area contributed by atoms with Gasteiger partial charge in [-0.05, 0) is 13.8 Å². The highest BCUT2D eigenvalue weighted by Gasteiger charge is 2.30. The Kier molecular flexibility index (Phi) is 5.21. The second-order valence-electron chi connectivity index (χ2n) is 3.73. The predicted molar refractivity (Wildman–Crippen MR) is 62.3 cm³/mol. The minimum atomic E-state index is -0.856. The van der Waals surface area contributed by atoms with Gasteiger partial charge in [0.05, 0.1) is 10.4 Å². The molecule has 0 unspecified atom stereocenters. The van der Waals surface area contributed by atoms with Crippen LogP contribution in [-0.4, -0.2) is 29.9 Å². The highest BCUT2D eigenvalue weighted by atomic mass is 32.1. The molecule has 0 radical (unpaired) electrons. The Morgan fingerprint density at radius 2 is 1.73 bits per heavy atom. The van der Waals surface area contributed by atoms with Crippen LogP contribution in [-0.2, 0) is 9.59 Å². The minimum Gasteiger partial charge on any atom is -0.392 e. The molecule has 0 aliphatic heterocycles. The van der Waals surface area contributed by atoms with Gasteiger partial charge in [-0.25, -0.2) is 0 Å². The van der Waals surface area contributed by atoms with Crippen molar-refractivity contribution in [3.8, 4) is 0 Å². The van der Waals surface area contributed by atoms with Gasteiger partial charge in [-0.15, -0.1) is 0 Å². The lowest BCUT2D eigenvalue weighted by atomic mass is 9.92. The third-order valence-electron chi connectivity index (χ3n) is 1.97. The topological polar surface area (TPSA) is 84.2 Å². The molecule has 0 aromatic heterocycles. The quantitative estimate of drug-likeness (QED) is 0.442. The first-order valence-electron chi connectivity index (χ1n) is 4.61. The summed E-state index contributed by atoms with van der Waals surface area (Å²) in [5.41, 5.74) is 4.57. The SMILES string of the molecule is CC(=O)NCCNC(=O)C(C)(C)C(N)=S. The number of thiocarbonyl (C=S) groups is 1. The van der Waals surface area contributed by atoms with Gasteiger partial charge in [0.25, 0.3) is 0 Å². The van der Waals surface area contributed by atoms with E-state index in [1.807, 2.05) is 0 Å². The average Bonchev–Trinajstić information content (AvgIpc) is 2.11. The molecule has 15 heavy (non-hydrogen) atoms. The Bertz CT molecular complexity index is 277. The number of carbonyl (C=O) groups is 2. The molecule has 5 nitrogen and oxygen atoms in total. The van der Waals surface area contributed by atoms with Crippen molar-refractivity contribution >= 4 is 29.0 Å². The van der Waals surface area contributed by atoms with Crippen LogP contribution in [0.3, 0.4) is 0 Å². The first-order valence-corrected chi connectivity index (χ1v) is 5.02. The summed E-state index contributed by atoms with van der Waals surface area (Å²) >= 11 is 4.78. The van der Waals surface area contributed by atoms with E-state index in [1.165, 1.54) is 6.92 Å². The van der Waals surface area contributed by atoms with Crippen molar-refractivity contribution in [1.82, 2.24) is 10.6 Å². The van der Waals surface area contributed by atoms with Gasteiger partial charge in [-0.2, -0.15) is 0 Å². The number of amides is 2. The van der Waals surface area contributed by atoms with Crippen LogP contribution in [0.5, 0.6) is 0 Å². The van der Waals surface area contributed by atoms with Crippen molar-refractivity contribution in [2.75, 3.05) is 13.1 Å². The first-order chi connectivity index (χ1) is 6.78. The molecule has 0 rings (SSSR count). The van der Waals surface area contributed by atoms with Crippen LogP contribution in [0.15, 0.2) is 0 Å². The Morgan fingerprint density at radius 1 is 1.27 bits per heavy atom. The Balaban J connectivity index is 3.94. The van der Waals surface area contributed by atoms with Crippen molar-refractivity contribution in [3.05, 3.63) is 0 Å². The molecule has 2 amide bonds. The molecule has 0 saturated heterocycles. The fourth-order valence-electron chi connectivity index (χ4n) is 0.747. The summed E-state index contributed by atoms with van der Waals surface area (Å²) < 4.78 is 0. The van der Waals surface area contributed by atoms with Crippen LogP contribution < -0.4 is 16.4 Å². The van der Waals surface area contributed by atoms with Crippen molar-refractivity contribution in [1.29, 1.82) is 0 Å². The van der Waals surface area contributed by atoms with Crippen molar-refractivity contribution in [3.63, 3.8) is 0 Å². The predicted octanol–water partition coefficient (Wildman–Crippen LogP) is -0.449. The average molecular weight is 231 g/mol. The van der Waals surface area contributed by atoms with E-state index >= 15 is 0 Å². The minimum absolute atomic E-state index is 0.127. The van der Waals surface area contributed by atoms with E-state index < -0.39 is 5.41 Å². The van der Waals surface area contributed by atoms with Crippen molar-refractivity contribution in [2.24, 2.45) is 11.1 Å². The largest absolute Gasteiger partial charge is 0.392 e. The third kappa shape index (κ3) is 4.73. The second kappa shape index (κ2) is 5.65. The summed E-state index contributed by atoms with van der Waals surface area (Å²) in [6.07, 6.45) is 0.